The molecular weight excluding hydrogens is 236 g/mol. The Morgan fingerprint density at radius 2 is 2.50 bits per heavy atom. The Hall–Kier alpha value is -1.89. The lowest BCUT2D eigenvalue weighted by atomic mass is 10.2. The molecule has 98 valence electrons. The van der Waals surface area contributed by atoms with Crippen molar-refractivity contribution in [2.75, 3.05) is 31.1 Å². The molecule has 0 saturated carbocycles. The fourth-order valence-corrected chi connectivity index (χ4v) is 1.91. The van der Waals surface area contributed by atoms with Gasteiger partial charge in [0, 0.05) is 25.7 Å². The number of carboxylic acid groups (broad SMARTS) is 1. The van der Waals surface area contributed by atoms with Gasteiger partial charge in [-0.2, -0.15) is 0 Å². The zero-order valence-corrected chi connectivity index (χ0v) is 10.2. The normalized spacial score (nSPS) is 19.6. The zero-order valence-electron chi connectivity index (χ0n) is 10.2. The Balaban J connectivity index is 2.22. The van der Waals surface area contributed by atoms with Gasteiger partial charge in [-0.1, -0.05) is 0 Å². The van der Waals surface area contributed by atoms with E-state index in [1.165, 1.54) is 6.33 Å². The van der Waals surface area contributed by atoms with Crippen LogP contribution >= 0.6 is 0 Å². The molecule has 2 N–H and O–H groups in total. The predicted octanol–water partition coefficient (Wildman–Crippen LogP) is -0.262. The van der Waals surface area contributed by atoms with Crippen molar-refractivity contribution in [1.82, 2.24) is 15.3 Å². The summed E-state index contributed by atoms with van der Waals surface area (Å²) in [4.78, 5) is 21.0. The number of ether oxygens (including phenoxy) is 1. The number of piperazine rings is 1. The molecule has 1 unspecified atom stereocenters. The van der Waals surface area contributed by atoms with Crippen molar-refractivity contribution in [3.05, 3.63) is 12.4 Å². The highest BCUT2D eigenvalue weighted by molar-refractivity contribution is 5.78. The predicted molar refractivity (Wildman–Crippen MR) is 64.8 cm³/mol. The summed E-state index contributed by atoms with van der Waals surface area (Å²) >= 11 is 0. The van der Waals surface area contributed by atoms with Crippen molar-refractivity contribution in [2.24, 2.45) is 0 Å². The van der Waals surface area contributed by atoms with E-state index >= 15 is 0 Å². The zero-order chi connectivity index (χ0) is 13.0. The van der Waals surface area contributed by atoms with Gasteiger partial charge in [-0.25, -0.2) is 14.8 Å². The average Bonchev–Trinajstić information content (AvgIpc) is 2.39. The third kappa shape index (κ3) is 2.67. The molecule has 0 radical (unpaired) electrons. The van der Waals surface area contributed by atoms with Gasteiger partial charge in [0.1, 0.15) is 18.2 Å². The summed E-state index contributed by atoms with van der Waals surface area (Å²) in [6.07, 6.45) is 1.39. The second-order valence-corrected chi connectivity index (χ2v) is 3.90. The number of carbonyl (C=O) groups is 1. The molecule has 1 aromatic heterocycles. The summed E-state index contributed by atoms with van der Waals surface area (Å²) < 4.78 is 5.29. The molecule has 0 amide bonds. The molecule has 18 heavy (non-hydrogen) atoms. The van der Waals surface area contributed by atoms with Crippen LogP contribution in [-0.4, -0.2) is 53.3 Å². The van der Waals surface area contributed by atoms with Gasteiger partial charge in [-0.3, -0.25) is 0 Å². The van der Waals surface area contributed by atoms with E-state index in [1.807, 2.05) is 6.92 Å². The molecule has 2 rings (SSSR count). The Morgan fingerprint density at radius 1 is 1.67 bits per heavy atom. The van der Waals surface area contributed by atoms with E-state index in [4.69, 9.17) is 4.74 Å². The van der Waals surface area contributed by atoms with Crippen LogP contribution in [0, 0.1) is 0 Å². The minimum atomic E-state index is -0.862. The van der Waals surface area contributed by atoms with Gasteiger partial charge in [0.05, 0.1) is 6.61 Å². The minimum absolute atomic E-state index is 0.406. The van der Waals surface area contributed by atoms with Crippen LogP contribution in [0.5, 0.6) is 5.88 Å². The number of hydrogen-bond acceptors (Lipinski definition) is 6. The largest absolute Gasteiger partial charge is 0.480 e. The molecule has 0 spiro atoms. The molecule has 1 fully saturated rings. The number of rotatable bonds is 4. The van der Waals surface area contributed by atoms with E-state index in [1.54, 1.807) is 11.0 Å². The Labute approximate surface area is 105 Å². The molecule has 1 aliphatic rings. The standard InChI is InChI=1S/C11H16N4O3/c1-2-18-10-5-9(13-7-14-10)15-4-3-12-6-8(15)11(16)17/h5,7-8,12H,2-4,6H2,1H3,(H,16,17). The second-order valence-electron chi connectivity index (χ2n) is 3.90. The van der Waals surface area contributed by atoms with E-state index in [0.717, 1.165) is 6.54 Å². The molecular formula is C11H16N4O3. The monoisotopic (exact) mass is 252 g/mol. The van der Waals surface area contributed by atoms with Crippen molar-refractivity contribution < 1.29 is 14.6 Å². The first-order chi connectivity index (χ1) is 8.72. The van der Waals surface area contributed by atoms with Crippen molar-refractivity contribution in [3.63, 3.8) is 0 Å². The van der Waals surface area contributed by atoms with Crippen molar-refractivity contribution in [3.8, 4) is 5.88 Å². The first-order valence-corrected chi connectivity index (χ1v) is 5.87. The lowest BCUT2D eigenvalue weighted by molar-refractivity contribution is -0.138. The first kappa shape index (κ1) is 12.6. The van der Waals surface area contributed by atoms with Crippen LogP contribution in [0.25, 0.3) is 0 Å². The third-order valence-electron chi connectivity index (χ3n) is 2.74. The molecule has 1 aliphatic heterocycles. The van der Waals surface area contributed by atoms with Gasteiger partial charge in [0.15, 0.2) is 0 Å². The first-order valence-electron chi connectivity index (χ1n) is 5.87. The van der Waals surface area contributed by atoms with E-state index < -0.39 is 12.0 Å². The van der Waals surface area contributed by atoms with Crippen LogP contribution in [0.3, 0.4) is 0 Å². The number of anilines is 1. The Bertz CT molecular complexity index is 427. The molecule has 7 nitrogen and oxygen atoms in total. The second kappa shape index (κ2) is 5.63. The van der Waals surface area contributed by atoms with Crippen LogP contribution in [-0.2, 0) is 4.79 Å². The van der Waals surface area contributed by atoms with Gasteiger partial charge in [-0.05, 0) is 6.92 Å². The van der Waals surface area contributed by atoms with Crippen molar-refractivity contribution in [2.45, 2.75) is 13.0 Å². The summed E-state index contributed by atoms with van der Waals surface area (Å²) in [6.45, 7) is 4.12. The number of aromatic nitrogens is 2. The summed E-state index contributed by atoms with van der Waals surface area (Å²) in [7, 11) is 0. The van der Waals surface area contributed by atoms with E-state index in [2.05, 4.69) is 15.3 Å². The molecule has 1 atom stereocenters. The van der Waals surface area contributed by atoms with Crippen molar-refractivity contribution in [1.29, 1.82) is 0 Å². The molecule has 2 heterocycles. The topological polar surface area (TPSA) is 87.6 Å². The number of carboxylic acids is 1. The minimum Gasteiger partial charge on any atom is -0.480 e. The van der Waals surface area contributed by atoms with Gasteiger partial charge in [0.2, 0.25) is 5.88 Å². The SMILES string of the molecule is CCOc1cc(N2CCNCC2C(=O)O)ncn1. The quantitative estimate of drug-likeness (QED) is 0.763. The lowest BCUT2D eigenvalue weighted by Crippen LogP contribution is -2.55. The highest BCUT2D eigenvalue weighted by atomic mass is 16.5. The van der Waals surface area contributed by atoms with Crippen LogP contribution in [0.1, 0.15) is 6.92 Å². The molecule has 1 saturated heterocycles. The van der Waals surface area contributed by atoms with Gasteiger partial charge < -0.3 is 20.1 Å². The van der Waals surface area contributed by atoms with Gasteiger partial charge in [-0.15, -0.1) is 0 Å². The number of aliphatic carboxylic acids is 1. The number of nitrogens with one attached hydrogen (secondary N) is 1. The maximum absolute atomic E-state index is 11.2. The number of nitrogens with zero attached hydrogens (tertiary/aromatic N) is 3. The van der Waals surface area contributed by atoms with Crippen molar-refractivity contribution >= 4 is 11.8 Å². The fraction of sp³-hybridized carbons (Fsp3) is 0.545. The average molecular weight is 252 g/mol. The molecule has 0 aliphatic carbocycles. The fourth-order valence-electron chi connectivity index (χ4n) is 1.91. The Morgan fingerprint density at radius 3 is 3.22 bits per heavy atom. The van der Waals surface area contributed by atoms with Gasteiger partial charge >= 0.3 is 5.97 Å². The smallest absolute Gasteiger partial charge is 0.327 e. The molecule has 1 aromatic rings. The summed E-state index contributed by atoms with van der Waals surface area (Å²) in [6, 6.07) is 1.06. The van der Waals surface area contributed by atoms with Gasteiger partial charge in [0.25, 0.3) is 0 Å². The highest BCUT2D eigenvalue weighted by Gasteiger charge is 2.29. The summed E-state index contributed by atoms with van der Waals surface area (Å²) in [5.74, 6) is 0.186. The highest BCUT2D eigenvalue weighted by Crippen LogP contribution is 2.19. The third-order valence-corrected chi connectivity index (χ3v) is 2.74. The van der Waals surface area contributed by atoms with E-state index in [0.29, 0.717) is 31.4 Å². The molecule has 0 aromatic carbocycles. The maximum Gasteiger partial charge on any atom is 0.327 e. The Kier molecular flexibility index (Phi) is 3.93. The van der Waals surface area contributed by atoms with E-state index in [9.17, 15) is 9.90 Å². The number of hydrogen-bond donors (Lipinski definition) is 2. The van der Waals surface area contributed by atoms with Crippen LogP contribution < -0.4 is 15.0 Å². The van der Waals surface area contributed by atoms with E-state index in [-0.39, 0.29) is 0 Å². The maximum atomic E-state index is 11.2. The van der Waals surface area contributed by atoms with Crippen LogP contribution in [0.2, 0.25) is 0 Å². The summed E-state index contributed by atoms with van der Waals surface area (Å²) in [5.41, 5.74) is 0. The van der Waals surface area contributed by atoms with Crippen LogP contribution in [0.15, 0.2) is 12.4 Å². The van der Waals surface area contributed by atoms with Crippen LogP contribution in [0.4, 0.5) is 5.82 Å². The molecule has 0 bridgehead atoms. The lowest BCUT2D eigenvalue weighted by Gasteiger charge is -2.34. The molecule has 7 heteroatoms. The summed E-state index contributed by atoms with van der Waals surface area (Å²) in [5, 5.41) is 12.2.